The lowest BCUT2D eigenvalue weighted by atomic mass is 9.97. The molecule has 0 aromatic carbocycles. The molecule has 0 spiro atoms. The Hall–Kier alpha value is -1.02. The normalized spacial score (nSPS) is 13.4. The Morgan fingerprint density at radius 2 is 1.50 bits per heavy atom. The minimum absolute atomic E-state index is 0.363. The number of hydrogen-bond donors (Lipinski definition) is 2. The molecule has 0 aliphatic rings. The highest BCUT2D eigenvalue weighted by Gasteiger charge is 2.07. The second-order valence-electron chi connectivity index (χ2n) is 5.03. The maximum Gasteiger partial charge on any atom is 0.0135 e. The van der Waals surface area contributed by atoms with Gasteiger partial charge in [0, 0.05) is 13.1 Å². The van der Waals surface area contributed by atoms with E-state index in [-0.39, 0.29) is 0 Å². The Morgan fingerprint density at radius 3 is 2.06 bits per heavy atom. The van der Waals surface area contributed by atoms with Crippen molar-refractivity contribution in [1.29, 1.82) is 0 Å². The number of nitrogens with two attached hydrogens (primary N) is 1. The molecule has 0 amide bonds. The van der Waals surface area contributed by atoms with Crippen molar-refractivity contribution < 1.29 is 0 Å². The van der Waals surface area contributed by atoms with Crippen molar-refractivity contribution in [2.75, 3.05) is 13.1 Å². The topological polar surface area (TPSA) is 38.0 Å². The van der Waals surface area contributed by atoms with Crippen LogP contribution in [0.2, 0.25) is 0 Å². The predicted molar refractivity (Wildman–Crippen MR) is 73.2 cm³/mol. The van der Waals surface area contributed by atoms with Gasteiger partial charge in [-0.15, -0.1) is 0 Å². The molecule has 0 unspecified atom stereocenters. The van der Waals surface area contributed by atoms with E-state index in [0.29, 0.717) is 5.41 Å². The monoisotopic (exact) mass is 222 g/mol. The molecule has 0 bridgehead atoms. The van der Waals surface area contributed by atoms with Crippen molar-refractivity contribution in [3.63, 3.8) is 0 Å². The molecule has 0 atom stereocenters. The van der Waals surface area contributed by atoms with Crippen molar-refractivity contribution in [3.05, 3.63) is 36.6 Å². The van der Waals surface area contributed by atoms with Crippen LogP contribution in [-0.2, 0) is 0 Å². The average Bonchev–Trinajstić information content (AvgIpc) is 2.19. The standard InChI is InChI=1S/C14H26N2/c1-14(2,3)13-16-12-10-8-6-4-5-7-9-11-15/h4-5,8-11,16H,6-7,12-13,15H2,1-3H3/b5-4+,10-8+,11-9+. The molecule has 0 aromatic rings. The van der Waals surface area contributed by atoms with Gasteiger partial charge in [0.1, 0.15) is 0 Å². The van der Waals surface area contributed by atoms with E-state index < -0.39 is 0 Å². The predicted octanol–water partition coefficient (Wildman–Crippen LogP) is 2.99. The number of nitrogens with one attached hydrogen (secondary N) is 1. The van der Waals surface area contributed by atoms with Gasteiger partial charge >= 0.3 is 0 Å². The molecule has 16 heavy (non-hydrogen) atoms. The molecule has 0 fully saturated rings. The van der Waals surface area contributed by atoms with Crippen LogP contribution < -0.4 is 11.1 Å². The van der Waals surface area contributed by atoms with Crippen molar-refractivity contribution in [1.82, 2.24) is 5.32 Å². The zero-order chi connectivity index (χ0) is 12.3. The smallest absolute Gasteiger partial charge is 0.0135 e. The summed E-state index contributed by atoms with van der Waals surface area (Å²) in [5.74, 6) is 0. The van der Waals surface area contributed by atoms with Crippen LogP contribution in [-0.4, -0.2) is 13.1 Å². The largest absolute Gasteiger partial charge is 0.405 e. The Labute approximate surface area is 100 Å². The van der Waals surface area contributed by atoms with Gasteiger partial charge in [-0.3, -0.25) is 0 Å². The molecule has 0 aliphatic heterocycles. The van der Waals surface area contributed by atoms with E-state index >= 15 is 0 Å². The van der Waals surface area contributed by atoms with Gasteiger partial charge in [-0.25, -0.2) is 0 Å². The summed E-state index contributed by atoms with van der Waals surface area (Å²) in [7, 11) is 0. The van der Waals surface area contributed by atoms with E-state index in [1.165, 1.54) is 0 Å². The van der Waals surface area contributed by atoms with E-state index in [4.69, 9.17) is 5.73 Å². The van der Waals surface area contributed by atoms with E-state index in [0.717, 1.165) is 25.9 Å². The summed E-state index contributed by atoms with van der Waals surface area (Å²) >= 11 is 0. The maximum atomic E-state index is 5.22. The molecular weight excluding hydrogens is 196 g/mol. The molecule has 2 nitrogen and oxygen atoms in total. The van der Waals surface area contributed by atoms with Crippen LogP contribution in [0, 0.1) is 5.41 Å². The Morgan fingerprint density at radius 1 is 0.938 bits per heavy atom. The minimum atomic E-state index is 0.363. The maximum absolute atomic E-state index is 5.22. The first-order valence-electron chi connectivity index (χ1n) is 5.94. The Bertz CT molecular complexity index is 232. The van der Waals surface area contributed by atoms with Gasteiger partial charge in [0.2, 0.25) is 0 Å². The average molecular weight is 222 g/mol. The van der Waals surface area contributed by atoms with Gasteiger partial charge in [0.15, 0.2) is 0 Å². The van der Waals surface area contributed by atoms with E-state index in [1.807, 2.05) is 6.08 Å². The highest BCUT2D eigenvalue weighted by atomic mass is 14.9. The second-order valence-corrected chi connectivity index (χ2v) is 5.03. The van der Waals surface area contributed by atoms with E-state index in [1.54, 1.807) is 6.20 Å². The number of hydrogen-bond acceptors (Lipinski definition) is 2. The zero-order valence-electron chi connectivity index (χ0n) is 10.9. The Balaban J connectivity index is 3.38. The fourth-order valence-electron chi connectivity index (χ4n) is 1.14. The zero-order valence-corrected chi connectivity index (χ0v) is 10.9. The van der Waals surface area contributed by atoms with Gasteiger partial charge < -0.3 is 11.1 Å². The third-order valence-electron chi connectivity index (χ3n) is 1.93. The molecule has 0 heterocycles. The molecular formula is C14H26N2. The van der Waals surface area contributed by atoms with Crippen LogP contribution in [0.3, 0.4) is 0 Å². The third-order valence-corrected chi connectivity index (χ3v) is 1.93. The van der Waals surface area contributed by atoms with Gasteiger partial charge in [0.25, 0.3) is 0 Å². The first-order chi connectivity index (χ1) is 7.56. The summed E-state index contributed by atoms with van der Waals surface area (Å²) in [6.45, 7) is 8.70. The van der Waals surface area contributed by atoms with Gasteiger partial charge in [-0.1, -0.05) is 51.2 Å². The van der Waals surface area contributed by atoms with Gasteiger partial charge in [-0.2, -0.15) is 0 Å². The van der Waals surface area contributed by atoms with Crippen molar-refractivity contribution in [2.24, 2.45) is 11.1 Å². The molecule has 0 saturated heterocycles. The first-order valence-corrected chi connectivity index (χ1v) is 5.94. The summed E-state index contributed by atoms with van der Waals surface area (Å²) in [6.07, 6.45) is 14.1. The number of allylic oxidation sites excluding steroid dienone is 4. The first kappa shape index (κ1) is 15.0. The molecule has 3 N–H and O–H groups in total. The van der Waals surface area contributed by atoms with Crippen LogP contribution in [0.15, 0.2) is 36.6 Å². The van der Waals surface area contributed by atoms with Crippen LogP contribution >= 0.6 is 0 Å². The molecule has 0 radical (unpaired) electrons. The summed E-state index contributed by atoms with van der Waals surface area (Å²) in [5.41, 5.74) is 5.59. The fraction of sp³-hybridized carbons (Fsp3) is 0.571. The lowest BCUT2D eigenvalue weighted by molar-refractivity contribution is 0.388. The Kier molecular flexibility index (Phi) is 8.64. The van der Waals surface area contributed by atoms with Crippen LogP contribution in [0.4, 0.5) is 0 Å². The summed E-state index contributed by atoms with van der Waals surface area (Å²) < 4.78 is 0. The van der Waals surface area contributed by atoms with Crippen molar-refractivity contribution in [2.45, 2.75) is 33.6 Å². The summed E-state index contributed by atoms with van der Waals surface area (Å²) in [5, 5.41) is 3.40. The van der Waals surface area contributed by atoms with E-state index in [2.05, 4.69) is 50.4 Å². The SMILES string of the molecule is CC(C)(C)CNC/C=C/C/C=C/C/C=C/N. The molecule has 0 rings (SSSR count). The quantitative estimate of drug-likeness (QED) is 0.513. The summed E-state index contributed by atoms with van der Waals surface area (Å²) in [6, 6.07) is 0. The minimum Gasteiger partial charge on any atom is -0.405 e. The fourth-order valence-corrected chi connectivity index (χ4v) is 1.14. The van der Waals surface area contributed by atoms with Crippen molar-refractivity contribution >= 4 is 0 Å². The van der Waals surface area contributed by atoms with Gasteiger partial charge in [0.05, 0.1) is 0 Å². The summed E-state index contributed by atoms with van der Waals surface area (Å²) in [4.78, 5) is 0. The molecule has 2 heteroatoms. The third kappa shape index (κ3) is 13.0. The lowest BCUT2D eigenvalue weighted by Gasteiger charge is -2.17. The lowest BCUT2D eigenvalue weighted by Crippen LogP contribution is -2.26. The van der Waals surface area contributed by atoms with Crippen LogP contribution in [0.25, 0.3) is 0 Å². The number of rotatable bonds is 7. The van der Waals surface area contributed by atoms with Crippen LogP contribution in [0.5, 0.6) is 0 Å². The molecule has 0 aliphatic carbocycles. The molecule has 0 aromatic heterocycles. The van der Waals surface area contributed by atoms with E-state index in [9.17, 15) is 0 Å². The highest BCUT2D eigenvalue weighted by Crippen LogP contribution is 2.09. The molecule has 92 valence electrons. The van der Waals surface area contributed by atoms with Crippen molar-refractivity contribution in [3.8, 4) is 0 Å². The molecule has 0 saturated carbocycles. The highest BCUT2D eigenvalue weighted by molar-refractivity contribution is 4.96. The second kappa shape index (κ2) is 9.22. The van der Waals surface area contributed by atoms with Crippen LogP contribution in [0.1, 0.15) is 33.6 Å². The van der Waals surface area contributed by atoms with Gasteiger partial charge in [-0.05, 0) is 24.5 Å².